The van der Waals surface area contributed by atoms with Crippen LogP contribution in [0.4, 0.5) is 4.39 Å². The third-order valence-corrected chi connectivity index (χ3v) is 2.69. The highest BCUT2D eigenvalue weighted by atomic mass is 19.1. The van der Waals surface area contributed by atoms with Crippen LogP contribution in [-0.4, -0.2) is 17.7 Å². The molecule has 2 rings (SSSR count). The molecule has 0 amide bonds. The molecule has 0 aliphatic carbocycles. The quantitative estimate of drug-likeness (QED) is 0.829. The molecular weight excluding hydrogens is 199 g/mol. The third kappa shape index (κ3) is 1.85. The van der Waals surface area contributed by atoms with Gasteiger partial charge >= 0.3 is 5.97 Å². The topological polar surface area (TPSA) is 46.5 Å². The molecule has 0 radical (unpaired) electrons. The van der Waals surface area contributed by atoms with E-state index in [1.165, 1.54) is 12.1 Å². The average molecular weight is 210 g/mol. The Labute approximate surface area is 86.5 Å². The van der Waals surface area contributed by atoms with Crippen LogP contribution in [0.15, 0.2) is 24.3 Å². The summed E-state index contributed by atoms with van der Waals surface area (Å²) in [6.45, 7) is 0.560. The smallest absolute Gasteiger partial charge is 0.306 e. The van der Waals surface area contributed by atoms with E-state index in [1.54, 1.807) is 12.1 Å². The van der Waals surface area contributed by atoms with E-state index in [1.807, 2.05) is 0 Å². The average Bonchev–Trinajstić information content (AvgIpc) is 2.13. The first-order valence-corrected chi connectivity index (χ1v) is 4.74. The monoisotopic (exact) mass is 210 g/mol. The predicted molar refractivity (Wildman–Crippen MR) is 50.9 cm³/mol. The molecule has 0 saturated carbocycles. The molecule has 1 aliphatic rings. The number of aliphatic carboxylic acids is 1. The number of hydrogen-bond acceptors (Lipinski definition) is 2. The fourth-order valence-electron chi connectivity index (χ4n) is 1.82. The van der Waals surface area contributed by atoms with E-state index in [9.17, 15) is 9.18 Å². The van der Waals surface area contributed by atoms with Crippen LogP contribution < -0.4 is 0 Å². The SMILES string of the molecule is O=C(O)CC1(c2ccc(F)cc2)CCO1. The molecule has 1 saturated heterocycles. The van der Waals surface area contributed by atoms with E-state index < -0.39 is 11.6 Å². The molecule has 1 aromatic rings. The van der Waals surface area contributed by atoms with Crippen LogP contribution in [-0.2, 0) is 15.1 Å². The molecule has 1 fully saturated rings. The molecule has 1 atom stereocenters. The zero-order valence-corrected chi connectivity index (χ0v) is 8.07. The standard InChI is InChI=1S/C11H11FO3/c12-9-3-1-8(2-4-9)11(5-6-15-11)7-10(13)14/h1-4H,5-7H2,(H,13,14). The van der Waals surface area contributed by atoms with Crippen molar-refractivity contribution < 1.29 is 19.0 Å². The molecule has 1 aliphatic heterocycles. The van der Waals surface area contributed by atoms with Crippen molar-refractivity contribution in [1.29, 1.82) is 0 Å². The summed E-state index contributed by atoms with van der Waals surface area (Å²) in [6.07, 6.45) is 0.601. The van der Waals surface area contributed by atoms with Gasteiger partial charge in [0.25, 0.3) is 0 Å². The highest BCUT2D eigenvalue weighted by Crippen LogP contribution is 2.40. The first-order chi connectivity index (χ1) is 7.12. The van der Waals surface area contributed by atoms with Crippen LogP contribution in [0.3, 0.4) is 0 Å². The number of halogens is 1. The second kappa shape index (κ2) is 3.62. The largest absolute Gasteiger partial charge is 0.481 e. The summed E-state index contributed by atoms with van der Waals surface area (Å²) in [7, 11) is 0. The number of benzene rings is 1. The minimum Gasteiger partial charge on any atom is -0.481 e. The number of ether oxygens (including phenoxy) is 1. The lowest BCUT2D eigenvalue weighted by molar-refractivity contribution is -0.176. The molecule has 4 heteroatoms. The van der Waals surface area contributed by atoms with Gasteiger partial charge in [0.1, 0.15) is 11.4 Å². The van der Waals surface area contributed by atoms with Crippen molar-refractivity contribution in [2.45, 2.75) is 18.4 Å². The van der Waals surface area contributed by atoms with Gasteiger partial charge in [-0.2, -0.15) is 0 Å². The zero-order chi connectivity index (χ0) is 10.9. The van der Waals surface area contributed by atoms with Gasteiger partial charge in [-0.25, -0.2) is 4.39 Å². The number of carbonyl (C=O) groups is 1. The lowest BCUT2D eigenvalue weighted by Gasteiger charge is -2.41. The summed E-state index contributed by atoms with van der Waals surface area (Å²) in [5.74, 6) is -1.23. The first-order valence-electron chi connectivity index (χ1n) is 4.74. The summed E-state index contributed by atoms with van der Waals surface area (Å²) in [5.41, 5.74) is -0.00273. The summed E-state index contributed by atoms with van der Waals surface area (Å²) >= 11 is 0. The van der Waals surface area contributed by atoms with Crippen molar-refractivity contribution in [3.63, 3.8) is 0 Å². The van der Waals surface area contributed by atoms with E-state index in [2.05, 4.69) is 0 Å². The highest BCUT2D eigenvalue weighted by Gasteiger charge is 2.42. The lowest BCUT2D eigenvalue weighted by Crippen LogP contribution is -2.42. The van der Waals surface area contributed by atoms with Crippen molar-refractivity contribution >= 4 is 5.97 Å². The molecule has 1 aromatic carbocycles. The van der Waals surface area contributed by atoms with Gasteiger partial charge in [0, 0.05) is 6.42 Å². The van der Waals surface area contributed by atoms with Crippen molar-refractivity contribution in [1.82, 2.24) is 0 Å². The summed E-state index contributed by atoms with van der Waals surface area (Å²) < 4.78 is 18.1. The van der Waals surface area contributed by atoms with E-state index in [0.717, 1.165) is 5.56 Å². The molecule has 15 heavy (non-hydrogen) atoms. The van der Waals surface area contributed by atoms with Crippen LogP contribution in [0.2, 0.25) is 0 Å². The van der Waals surface area contributed by atoms with Gasteiger partial charge in [0.15, 0.2) is 0 Å². The molecule has 1 heterocycles. The van der Waals surface area contributed by atoms with Gasteiger partial charge in [-0.05, 0) is 17.7 Å². The Kier molecular flexibility index (Phi) is 2.44. The maximum Gasteiger partial charge on any atom is 0.306 e. The summed E-state index contributed by atoms with van der Waals surface area (Å²) in [5, 5.41) is 8.78. The van der Waals surface area contributed by atoms with E-state index in [4.69, 9.17) is 9.84 Å². The van der Waals surface area contributed by atoms with E-state index >= 15 is 0 Å². The predicted octanol–water partition coefficient (Wildman–Crippen LogP) is 1.92. The van der Waals surface area contributed by atoms with Crippen molar-refractivity contribution in [3.8, 4) is 0 Å². The molecule has 1 N–H and O–H groups in total. The van der Waals surface area contributed by atoms with Crippen LogP contribution in [0.1, 0.15) is 18.4 Å². The van der Waals surface area contributed by atoms with Gasteiger partial charge in [0.2, 0.25) is 0 Å². The van der Waals surface area contributed by atoms with E-state index in [0.29, 0.717) is 13.0 Å². The fraction of sp³-hybridized carbons (Fsp3) is 0.364. The lowest BCUT2D eigenvalue weighted by atomic mass is 9.83. The molecule has 0 bridgehead atoms. The Bertz CT molecular complexity index is 368. The van der Waals surface area contributed by atoms with Gasteiger partial charge in [-0.15, -0.1) is 0 Å². The number of carboxylic acid groups (broad SMARTS) is 1. The normalized spacial score (nSPS) is 24.6. The summed E-state index contributed by atoms with van der Waals surface area (Å²) in [6, 6.07) is 5.80. The van der Waals surface area contributed by atoms with Crippen LogP contribution in [0.25, 0.3) is 0 Å². The van der Waals surface area contributed by atoms with Gasteiger partial charge < -0.3 is 9.84 Å². The Balaban J connectivity index is 2.26. The molecule has 1 unspecified atom stereocenters. The first kappa shape index (κ1) is 10.1. The van der Waals surface area contributed by atoms with Crippen LogP contribution >= 0.6 is 0 Å². The minimum absolute atomic E-state index is 0.0708. The van der Waals surface area contributed by atoms with Crippen LogP contribution in [0.5, 0.6) is 0 Å². The molecule has 3 nitrogen and oxygen atoms in total. The zero-order valence-electron chi connectivity index (χ0n) is 8.07. The third-order valence-electron chi connectivity index (χ3n) is 2.69. The molecular formula is C11H11FO3. The Morgan fingerprint density at radius 3 is 2.47 bits per heavy atom. The molecule has 0 spiro atoms. The maximum atomic E-state index is 12.7. The summed E-state index contributed by atoms with van der Waals surface area (Å²) in [4.78, 5) is 10.7. The highest BCUT2D eigenvalue weighted by molar-refractivity contribution is 5.68. The van der Waals surface area contributed by atoms with Gasteiger partial charge in [-0.1, -0.05) is 12.1 Å². The molecule has 0 aromatic heterocycles. The minimum atomic E-state index is -0.904. The second-order valence-electron chi connectivity index (χ2n) is 3.67. The van der Waals surface area contributed by atoms with Crippen LogP contribution in [0, 0.1) is 5.82 Å². The second-order valence-corrected chi connectivity index (χ2v) is 3.67. The Morgan fingerprint density at radius 2 is 2.07 bits per heavy atom. The maximum absolute atomic E-state index is 12.7. The van der Waals surface area contributed by atoms with Gasteiger partial charge in [0.05, 0.1) is 13.0 Å². The number of rotatable bonds is 3. The number of hydrogen-bond donors (Lipinski definition) is 1. The Hall–Kier alpha value is -1.42. The van der Waals surface area contributed by atoms with Gasteiger partial charge in [-0.3, -0.25) is 4.79 Å². The van der Waals surface area contributed by atoms with Crippen molar-refractivity contribution in [2.24, 2.45) is 0 Å². The molecule has 80 valence electrons. The number of carboxylic acids is 1. The van der Waals surface area contributed by atoms with Crippen molar-refractivity contribution in [2.75, 3.05) is 6.61 Å². The Morgan fingerprint density at radius 1 is 1.47 bits per heavy atom. The fourth-order valence-corrected chi connectivity index (χ4v) is 1.82. The van der Waals surface area contributed by atoms with Crippen molar-refractivity contribution in [3.05, 3.63) is 35.6 Å². The van der Waals surface area contributed by atoms with E-state index in [-0.39, 0.29) is 12.2 Å².